The molecule has 1 fully saturated rings. The van der Waals surface area contributed by atoms with Crippen LogP contribution in [0.25, 0.3) is 11.2 Å². The molecule has 2 aromatic rings. The van der Waals surface area contributed by atoms with Crippen LogP contribution in [0.2, 0.25) is 0 Å². The maximum Gasteiger partial charge on any atom is 0.167 e. The van der Waals surface area contributed by atoms with E-state index in [1.807, 2.05) is 0 Å². The number of imidazole rings is 1. The van der Waals surface area contributed by atoms with Gasteiger partial charge < -0.3 is 38.7 Å². The molecule has 3 heterocycles. The lowest BCUT2D eigenvalue weighted by atomic mass is 10.1. The first-order chi connectivity index (χ1) is 11.7. The molecule has 2 aromatic heterocycles. The summed E-state index contributed by atoms with van der Waals surface area (Å²) in [6, 6.07) is 0. The van der Waals surface area contributed by atoms with Crippen LogP contribution in [0.15, 0.2) is 12.7 Å². The molecule has 1 aliphatic heterocycles. The first-order valence-corrected chi connectivity index (χ1v) is 8.68. The van der Waals surface area contributed by atoms with Crippen LogP contribution in [0.3, 0.4) is 0 Å². The van der Waals surface area contributed by atoms with Gasteiger partial charge in [-0.2, -0.15) is 0 Å². The average Bonchev–Trinajstić information content (AvgIpc) is 3.07. The molecule has 0 bridgehead atoms. The third-order valence-electron chi connectivity index (χ3n) is 3.77. The first-order valence-electron chi connectivity index (χ1n) is 7.22. The Labute approximate surface area is 141 Å². The number of phosphoric ester groups is 1. The molecular formula is C12H16N5O7P-2. The number of phosphoric acid groups is 1. The number of ether oxygens (including phenoxy) is 1. The number of anilines is 1. The molecule has 0 aliphatic carbocycles. The largest absolute Gasteiger partial charge is 0.790 e. The smallest absolute Gasteiger partial charge is 0.167 e. The topological polar surface area (TPSA) is 169 Å². The van der Waals surface area contributed by atoms with Gasteiger partial charge in [-0.15, -0.1) is 0 Å². The molecule has 0 spiro atoms. The summed E-state index contributed by atoms with van der Waals surface area (Å²) < 4.78 is 21.6. The summed E-state index contributed by atoms with van der Waals surface area (Å²) in [5.41, 5.74) is 0.816. The summed E-state index contributed by atoms with van der Waals surface area (Å²) in [4.78, 5) is 35.3. The summed E-state index contributed by atoms with van der Waals surface area (Å²) in [5.74, 6) is 0.551. The van der Waals surface area contributed by atoms with Crippen molar-refractivity contribution in [3.05, 3.63) is 12.7 Å². The fourth-order valence-corrected chi connectivity index (χ4v) is 2.94. The zero-order chi connectivity index (χ0) is 18.4. The van der Waals surface area contributed by atoms with E-state index in [4.69, 9.17) is 4.74 Å². The SMILES string of the molecule is CN(C)c1ncnc2c1ncn2C1OC(COP(=O)([O-])[O-])C(O)C1O. The van der Waals surface area contributed by atoms with Crippen molar-refractivity contribution in [3.8, 4) is 0 Å². The molecule has 25 heavy (non-hydrogen) atoms. The number of nitrogens with zero attached hydrogens (tertiary/aromatic N) is 5. The fraction of sp³-hybridized carbons (Fsp3) is 0.583. The number of aliphatic hydroxyl groups excluding tert-OH is 2. The van der Waals surface area contributed by atoms with Crippen molar-refractivity contribution < 1.29 is 33.8 Å². The Kier molecular flexibility index (Phi) is 4.77. The van der Waals surface area contributed by atoms with Gasteiger partial charge in [0.25, 0.3) is 0 Å². The van der Waals surface area contributed by atoms with E-state index in [0.29, 0.717) is 17.0 Å². The Morgan fingerprint density at radius 3 is 2.68 bits per heavy atom. The molecule has 1 aliphatic rings. The zero-order valence-electron chi connectivity index (χ0n) is 13.3. The van der Waals surface area contributed by atoms with Crippen molar-refractivity contribution in [2.24, 2.45) is 0 Å². The fourth-order valence-electron chi connectivity index (χ4n) is 2.61. The average molecular weight is 373 g/mol. The van der Waals surface area contributed by atoms with Gasteiger partial charge in [-0.05, 0) is 0 Å². The zero-order valence-corrected chi connectivity index (χ0v) is 14.2. The van der Waals surface area contributed by atoms with Crippen LogP contribution in [0.1, 0.15) is 6.23 Å². The van der Waals surface area contributed by atoms with Gasteiger partial charge in [0.15, 0.2) is 23.2 Å². The predicted molar refractivity (Wildman–Crippen MR) is 79.1 cm³/mol. The molecule has 4 unspecified atom stereocenters. The normalized spacial score (nSPS) is 27.1. The van der Waals surface area contributed by atoms with E-state index >= 15 is 0 Å². The van der Waals surface area contributed by atoms with Crippen molar-refractivity contribution in [2.45, 2.75) is 24.5 Å². The third kappa shape index (κ3) is 3.51. The second-order valence-electron chi connectivity index (χ2n) is 5.71. The van der Waals surface area contributed by atoms with Gasteiger partial charge in [-0.3, -0.25) is 4.57 Å². The molecule has 12 nitrogen and oxygen atoms in total. The number of hydrogen-bond donors (Lipinski definition) is 2. The number of rotatable bonds is 5. The summed E-state index contributed by atoms with van der Waals surface area (Å²) in [5, 5.41) is 20.2. The van der Waals surface area contributed by atoms with Crippen molar-refractivity contribution in [2.75, 3.05) is 25.6 Å². The van der Waals surface area contributed by atoms with E-state index in [0.717, 1.165) is 0 Å². The highest BCUT2D eigenvalue weighted by molar-refractivity contribution is 7.43. The maximum atomic E-state index is 10.6. The Balaban J connectivity index is 1.88. The van der Waals surface area contributed by atoms with Crippen molar-refractivity contribution in [1.82, 2.24) is 19.5 Å². The summed E-state index contributed by atoms with van der Waals surface area (Å²) in [7, 11) is -1.66. The summed E-state index contributed by atoms with van der Waals surface area (Å²) >= 11 is 0. The molecule has 2 N–H and O–H groups in total. The van der Waals surface area contributed by atoms with Crippen LogP contribution < -0.4 is 14.7 Å². The molecule has 1 saturated heterocycles. The summed E-state index contributed by atoms with van der Waals surface area (Å²) in [6.45, 7) is -0.705. The minimum atomic E-state index is -5.22. The van der Waals surface area contributed by atoms with Gasteiger partial charge >= 0.3 is 0 Å². The maximum absolute atomic E-state index is 10.6. The van der Waals surface area contributed by atoms with Gasteiger partial charge in [-0.25, -0.2) is 15.0 Å². The third-order valence-corrected chi connectivity index (χ3v) is 4.24. The van der Waals surface area contributed by atoms with Crippen LogP contribution in [0.4, 0.5) is 5.82 Å². The van der Waals surface area contributed by atoms with E-state index < -0.39 is 39.0 Å². The minimum absolute atomic E-state index is 0.356. The number of aliphatic hydroxyl groups is 2. The highest BCUT2D eigenvalue weighted by atomic mass is 31.2. The predicted octanol–water partition coefficient (Wildman–Crippen LogP) is -2.64. The highest BCUT2D eigenvalue weighted by Crippen LogP contribution is 2.34. The number of hydrogen-bond acceptors (Lipinski definition) is 11. The Morgan fingerprint density at radius 2 is 2.04 bits per heavy atom. The van der Waals surface area contributed by atoms with E-state index in [1.54, 1.807) is 19.0 Å². The molecule has 4 atom stereocenters. The number of fused-ring (bicyclic) bond motifs is 1. The van der Waals surface area contributed by atoms with E-state index in [2.05, 4.69) is 19.5 Å². The van der Waals surface area contributed by atoms with Gasteiger partial charge in [0.1, 0.15) is 24.6 Å². The monoisotopic (exact) mass is 373 g/mol. The lowest BCUT2D eigenvalue weighted by molar-refractivity contribution is -0.343. The quantitative estimate of drug-likeness (QED) is 0.525. The van der Waals surface area contributed by atoms with Crippen LogP contribution in [0, 0.1) is 0 Å². The van der Waals surface area contributed by atoms with E-state index in [1.165, 1.54) is 17.2 Å². The first kappa shape index (κ1) is 18.1. The van der Waals surface area contributed by atoms with Crippen LogP contribution >= 0.6 is 7.82 Å². The van der Waals surface area contributed by atoms with Crippen LogP contribution in [0.5, 0.6) is 0 Å². The molecule has 13 heteroatoms. The Bertz CT molecular complexity index is 808. The van der Waals surface area contributed by atoms with Gasteiger partial charge in [-0.1, -0.05) is 0 Å². The van der Waals surface area contributed by atoms with Gasteiger partial charge in [0.05, 0.1) is 20.8 Å². The standard InChI is InChI=1S/C12H18N5O7P/c1-16(2)10-7-11(14-4-13-10)17(5-15-7)12-9(19)8(18)6(24-12)3-23-25(20,21)22/h4-6,8-9,12,18-19H,3H2,1-2H3,(H2,20,21,22)/p-2. The molecule has 0 amide bonds. The van der Waals surface area contributed by atoms with Gasteiger partial charge in [0, 0.05) is 14.1 Å². The Hall–Kier alpha value is -1.66. The van der Waals surface area contributed by atoms with Crippen molar-refractivity contribution in [1.29, 1.82) is 0 Å². The molecule has 3 rings (SSSR count). The van der Waals surface area contributed by atoms with Gasteiger partial charge in [0.2, 0.25) is 0 Å². The van der Waals surface area contributed by atoms with Crippen molar-refractivity contribution >= 4 is 24.8 Å². The summed E-state index contributed by atoms with van der Waals surface area (Å²) in [6.07, 6.45) is -2.47. The van der Waals surface area contributed by atoms with Crippen LogP contribution in [-0.2, 0) is 13.8 Å². The molecule has 0 saturated carbocycles. The minimum Gasteiger partial charge on any atom is -0.790 e. The Morgan fingerprint density at radius 1 is 1.32 bits per heavy atom. The van der Waals surface area contributed by atoms with E-state index in [-0.39, 0.29) is 0 Å². The molecular weight excluding hydrogens is 357 g/mol. The lowest BCUT2D eigenvalue weighted by Gasteiger charge is -2.30. The highest BCUT2D eigenvalue weighted by Gasteiger charge is 2.44. The second-order valence-corrected chi connectivity index (χ2v) is 6.86. The van der Waals surface area contributed by atoms with Crippen molar-refractivity contribution in [3.63, 3.8) is 0 Å². The molecule has 0 radical (unpaired) electrons. The number of aromatic nitrogens is 4. The molecule has 0 aromatic carbocycles. The second kappa shape index (κ2) is 6.57. The van der Waals surface area contributed by atoms with Crippen LogP contribution in [-0.4, -0.2) is 68.7 Å². The van der Waals surface area contributed by atoms with E-state index in [9.17, 15) is 24.6 Å². The lowest BCUT2D eigenvalue weighted by Crippen LogP contribution is -2.34. The molecule has 138 valence electrons.